The molecule has 1 aromatic carbocycles. The van der Waals surface area contributed by atoms with Crippen molar-refractivity contribution < 1.29 is 9.63 Å². The van der Waals surface area contributed by atoms with E-state index in [0.717, 1.165) is 22.6 Å². The molecule has 0 unspecified atom stereocenters. The lowest BCUT2D eigenvalue weighted by atomic mass is 10.1. The fraction of sp³-hybridized carbons (Fsp3) is 0.250. The van der Waals surface area contributed by atoms with Crippen LogP contribution in [0, 0.1) is 20.8 Å². The van der Waals surface area contributed by atoms with Gasteiger partial charge in [-0.15, -0.1) is 0 Å². The highest BCUT2D eigenvalue weighted by atomic mass is 16.7. The van der Waals surface area contributed by atoms with Crippen molar-refractivity contribution in [3.63, 3.8) is 0 Å². The summed E-state index contributed by atoms with van der Waals surface area (Å²) in [6.45, 7) is 6.22. The monoisotopic (exact) mass is 283 g/mol. The highest BCUT2D eigenvalue weighted by molar-refractivity contribution is 6.00. The maximum absolute atomic E-state index is 11.8. The molecule has 2 aromatic rings. The van der Waals surface area contributed by atoms with Crippen LogP contribution in [0.1, 0.15) is 16.7 Å². The van der Waals surface area contributed by atoms with Gasteiger partial charge < -0.3 is 10.2 Å². The predicted molar refractivity (Wildman–Crippen MR) is 81.5 cm³/mol. The molecule has 0 saturated carbocycles. The molecule has 1 amide bonds. The molecule has 5 heteroatoms. The lowest BCUT2D eigenvalue weighted by Crippen LogP contribution is -2.40. The Morgan fingerprint density at radius 1 is 1.24 bits per heavy atom. The van der Waals surface area contributed by atoms with Gasteiger partial charge in [0.05, 0.1) is 11.9 Å². The number of rotatable bonds is 2. The topological polar surface area (TPSA) is 54.5 Å². The molecule has 5 nitrogen and oxygen atoms in total. The number of amides is 1. The molecule has 1 aromatic heterocycles. The Hall–Kier alpha value is -2.56. The lowest BCUT2D eigenvalue weighted by Gasteiger charge is -2.30. The number of benzene rings is 1. The van der Waals surface area contributed by atoms with Gasteiger partial charge >= 0.3 is 0 Å². The first kappa shape index (κ1) is 13.4. The van der Waals surface area contributed by atoms with Crippen LogP contribution in [0.3, 0.4) is 0 Å². The number of nitrogens with zero attached hydrogens (tertiary/aromatic N) is 2. The number of aromatic nitrogens is 1. The van der Waals surface area contributed by atoms with Gasteiger partial charge in [-0.2, -0.15) is 5.06 Å². The van der Waals surface area contributed by atoms with Crippen molar-refractivity contribution in [1.82, 2.24) is 4.98 Å². The maximum atomic E-state index is 11.8. The molecular weight excluding hydrogens is 266 g/mol. The van der Waals surface area contributed by atoms with E-state index in [1.54, 1.807) is 17.5 Å². The van der Waals surface area contributed by atoms with E-state index >= 15 is 0 Å². The summed E-state index contributed by atoms with van der Waals surface area (Å²) in [5.74, 6) is 0.677. The predicted octanol–water partition coefficient (Wildman–Crippen LogP) is 2.76. The zero-order valence-corrected chi connectivity index (χ0v) is 12.3. The molecule has 0 spiro atoms. The number of hydrogen-bond acceptors (Lipinski definition) is 4. The van der Waals surface area contributed by atoms with Crippen molar-refractivity contribution in [2.75, 3.05) is 16.9 Å². The quantitative estimate of drug-likeness (QED) is 0.920. The number of carbonyl (C=O) groups excluding carboxylic acids is 1. The zero-order valence-electron chi connectivity index (χ0n) is 12.3. The van der Waals surface area contributed by atoms with Gasteiger partial charge in [0.15, 0.2) is 5.75 Å². The van der Waals surface area contributed by atoms with E-state index in [-0.39, 0.29) is 12.5 Å². The number of anilines is 2. The van der Waals surface area contributed by atoms with Gasteiger partial charge in [-0.1, -0.05) is 17.7 Å². The number of aryl methyl sites for hydroxylation is 3. The van der Waals surface area contributed by atoms with Crippen LogP contribution >= 0.6 is 0 Å². The minimum atomic E-state index is -0.113. The Morgan fingerprint density at radius 2 is 1.95 bits per heavy atom. The molecule has 1 N–H and O–H groups in total. The molecule has 3 rings (SSSR count). The smallest absolute Gasteiger partial charge is 0.247 e. The van der Waals surface area contributed by atoms with Gasteiger partial charge in [0.1, 0.15) is 12.2 Å². The van der Waals surface area contributed by atoms with Crippen LogP contribution in [0.2, 0.25) is 0 Å². The number of hydrogen-bond donors (Lipinski definition) is 1. The zero-order chi connectivity index (χ0) is 15.0. The summed E-state index contributed by atoms with van der Waals surface area (Å²) in [7, 11) is 0. The molecule has 0 saturated heterocycles. The summed E-state index contributed by atoms with van der Waals surface area (Å²) >= 11 is 0. The summed E-state index contributed by atoms with van der Waals surface area (Å²) in [6.07, 6.45) is 3.30. The van der Waals surface area contributed by atoms with Crippen LogP contribution in [0.15, 0.2) is 30.6 Å². The van der Waals surface area contributed by atoms with Gasteiger partial charge in [-0.05, 0) is 38.0 Å². The average molecular weight is 283 g/mol. The third kappa shape index (κ3) is 2.54. The van der Waals surface area contributed by atoms with Gasteiger partial charge in [0, 0.05) is 6.20 Å². The van der Waals surface area contributed by atoms with Crippen LogP contribution in [-0.2, 0) is 4.79 Å². The number of nitrogens with one attached hydrogen (secondary N) is 1. The molecule has 1 aliphatic heterocycles. The van der Waals surface area contributed by atoms with Gasteiger partial charge in [-0.3, -0.25) is 9.78 Å². The van der Waals surface area contributed by atoms with Crippen LogP contribution in [-0.4, -0.2) is 17.4 Å². The summed E-state index contributed by atoms with van der Waals surface area (Å²) in [4.78, 5) is 21.8. The first-order valence-corrected chi connectivity index (χ1v) is 6.82. The van der Waals surface area contributed by atoms with E-state index in [1.807, 2.05) is 19.9 Å². The molecule has 1 aliphatic rings. The molecule has 0 bridgehead atoms. The summed E-state index contributed by atoms with van der Waals surface area (Å²) in [6, 6.07) is 5.97. The van der Waals surface area contributed by atoms with Crippen molar-refractivity contribution in [1.29, 1.82) is 0 Å². The molecule has 108 valence electrons. The Labute approximate surface area is 123 Å². The van der Waals surface area contributed by atoms with Crippen molar-refractivity contribution in [3.05, 3.63) is 47.3 Å². The minimum Gasteiger partial charge on any atom is -0.378 e. The maximum Gasteiger partial charge on any atom is 0.247 e. The fourth-order valence-electron chi connectivity index (χ4n) is 2.61. The molecule has 0 fully saturated rings. The van der Waals surface area contributed by atoms with E-state index < -0.39 is 0 Å². The summed E-state index contributed by atoms with van der Waals surface area (Å²) in [5, 5.41) is 4.40. The fourth-order valence-corrected chi connectivity index (χ4v) is 2.61. The van der Waals surface area contributed by atoms with Crippen molar-refractivity contribution in [2.24, 2.45) is 0 Å². The first-order valence-electron chi connectivity index (χ1n) is 6.82. The van der Waals surface area contributed by atoms with E-state index in [1.165, 1.54) is 5.56 Å². The Balaban J connectivity index is 1.98. The van der Waals surface area contributed by atoms with E-state index in [0.29, 0.717) is 5.69 Å². The lowest BCUT2D eigenvalue weighted by molar-refractivity contribution is -0.115. The minimum absolute atomic E-state index is 0.113. The van der Waals surface area contributed by atoms with Gasteiger partial charge in [0.25, 0.3) is 0 Å². The average Bonchev–Trinajstić information content (AvgIpc) is 2.42. The number of fused-ring (bicyclic) bond motifs is 1. The van der Waals surface area contributed by atoms with Gasteiger partial charge in [0.2, 0.25) is 5.91 Å². The molecule has 2 heterocycles. The second kappa shape index (κ2) is 5.09. The van der Waals surface area contributed by atoms with E-state index in [9.17, 15) is 4.79 Å². The molecule has 0 aliphatic carbocycles. The SMILES string of the molecule is Cc1cc(C)c(ON2CC(=O)Nc3cnccc32)c(C)c1. The summed E-state index contributed by atoms with van der Waals surface area (Å²) < 4.78 is 0. The molecule has 0 atom stereocenters. The Kier molecular flexibility index (Phi) is 3.25. The second-order valence-electron chi connectivity index (χ2n) is 5.30. The molecule has 0 radical (unpaired) electrons. The Bertz CT molecular complexity index is 689. The van der Waals surface area contributed by atoms with Crippen LogP contribution < -0.4 is 15.2 Å². The largest absolute Gasteiger partial charge is 0.378 e. The molecular formula is C16H17N3O2. The van der Waals surface area contributed by atoms with Crippen LogP contribution in [0.4, 0.5) is 11.4 Å². The van der Waals surface area contributed by atoms with Crippen LogP contribution in [0.25, 0.3) is 0 Å². The van der Waals surface area contributed by atoms with Crippen molar-refractivity contribution >= 4 is 17.3 Å². The third-order valence-electron chi connectivity index (χ3n) is 3.43. The number of pyridine rings is 1. The van der Waals surface area contributed by atoms with Gasteiger partial charge in [-0.25, -0.2) is 0 Å². The first-order chi connectivity index (χ1) is 10.0. The summed E-state index contributed by atoms with van der Waals surface area (Å²) in [5.41, 5.74) is 4.77. The van der Waals surface area contributed by atoms with Crippen molar-refractivity contribution in [3.8, 4) is 5.75 Å². The standard InChI is InChI=1S/C16H17N3O2/c1-10-6-11(2)16(12(3)7-10)21-19-9-15(20)18-13-8-17-5-4-14(13)19/h4-8H,9H2,1-3H3,(H,18,20). The highest BCUT2D eigenvalue weighted by Gasteiger charge is 2.24. The molecule has 21 heavy (non-hydrogen) atoms. The van der Waals surface area contributed by atoms with Crippen LogP contribution in [0.5, 0.6) is 5.75 Å². The highest BCUT2D eigenvalue weighted by Crippen LogP contribution is 2.32. The van der Waals surface area contributed by atoms with E-state index in [2.05, 4.69) is 29.4 Å². The van der Waals surface area contributed by atoms with E-state index in [4.69, 9.17) is 4.84 Å². The number of hydroxylamine groups is 1. The van der Waals surface area contributed by atoms with Crippen molar-refractivity contribution in [2.45, 2.75) is 20.8 Å². The Morgan fingerprint density at radius 3 is 2.67 bits per heavy atom. The second-order valence-corrected chi connectivity index (χ2v) is 5.30. The number of carbonyl (C=O) groups is 1. The third-order valence-corrected chi connectivity index (χ3v) is 3.43. The normalized spacial score (nSPS) is 13.7.